The molecule has 0 aliphatic carbocycles. The van der Waals surface area contributed by atoms with E-state index < -0.39 is 0 Å². The number of benzene rings is 2. The Bertz CT molecular complexity index is 1470. The summed E-state index contributed by atoms with van der Waals surface area (Å²) in [5.41, 5.74) is 5.93. The lowest BCUT2D eigenvalue weighted by molar-refractivity contribution is -0.129. The van der Waals surface area contributed by atoms with Crippen LogP contribution in [-0.2, 0) is 16.0 Å². The molecule has 0 bridgehead atoms. The van der Waals surface area contributed by atoms with Crippen LogP contribution in [0.5, 0.6) is 0 Å². The Morgan fingerprint density at radius 1 is 1.00 bits per heavy atom. The predicted molar refractivity (Wildman–Crippen MR) is 131 cm³/mol. The Balaban J connectivity index is 1.51. The summed E-state index contributed by atoms with van der Waals surface area (Å²) in [4.78, 5) is 32.3. The van der Waals surface area contributed by atoms with Gasteiger partial charge in [-0.15, -0.1) is 0 Å². The van der Waals surface area contributed by atoms with Gasteiger partial charge in [0.15, 0.2) is 0 Å². The summed E-state index contributed by atoms with van der Waals surface area (Å²) in [6.07, 6.45) is 2.10. The number of amides is 2. The minimum Gasteiger partial charge on any atom is -0.339 e. The zero-order chi connectivity index (χ0) is 24.1. The molecule has 2 aromatic carbocycles. The second-order valence-corrected chi connectivity index (χ2v) is 8.86. The number of nitrogens with one attached hydrogen (secondary N) is 1. The first-order valence-electron chi connectivity index (χ1n) is 11.6. The summed E-state index contributed by atoms with van der Waals surface area (Å²) in [7, 11) is 0. The number of piperazine rings is 1. The fourth-order valence-corrected chi connectivity index (χ4v) is 4.88. The van der Waals surface area contributed by atoms with Crippen molar-refractivity contribution in [1.29, 1.82) is 0 Å². The van der Waals surface area contributed by atoms with Crippen LogP contribution in [0.1, 0.15) is 12.5 Å². The molecule has 0 radical (unpaired) electrons. The molecule has 2 aromatic heterocycles. The molecule has 176 valence electrons. The van der Waals surface area contributed by atoms with Gasteiger partial charge in [0.25, 0.3) is 0 Å². The van der Waals surface area contributed by atoms with Crippen LogP contribution in [0.2, 0.25) is 0 Å². The first-order chi connectivity index (χ1) is 17.0. The summed E-state index contributed by atoms with van der Waals surface area (Å²) in [5, 5.41) is 7.83. The van der Waals surface area contributed by atoms with Gasteiger partial charge < -0.3 is 15.1 Å². The zero-order valence-corrected chi connectivity index (χ0v) is 19.2. The summed E-state index contributed by atoms with van der Waals surface area (Å²) in [6.45, 7) is 4.14. The molecule has 4 heterocycles. The molecule has 2 aliphatic rings. The van der Waals surface area contributed by atoms with Crippen LogP contribution >= 0.6 is 0 Å². The number of carbonyl (C=O) groups is 2. The van der Waals surface area contributed by atoms with Crippen molar-refractivity contribution in [3.63, 3.8) is 0 Å². The highest BCUT2D eigenvalue weighted by molar-refractivity contribution is 6.01. The molecule has 0 saturated carbocycles. The van der Waals surface area contributed by atoms with E-state index in [1.807, 2.05) is 33.7 Å². The average Bonchev–Trinajstić information content (AvgIpc) is 3.43. The molecule has 4 aromatic rings. The molecule has 9 heteroatoms. The molecule has 0 atom stereocenters. The summed E-state index contributed by atoms with van der Waals surface area (Å²) >= 11 is 0. The molecule has 1 N–H and O–H groups in total. The quantitative estimate of drug-likeness (QED) is 0.497. The SMILES string of the molecule is CC(=O)N1CCN(c2nccc3c(-c4ccc5c(c4)CC(=O)N5)c(-c4ccc(F)cc4)nn23)CC1. The van der Waals surface area contributed by atoms with E-state index in [0.717, 1.165) is 33.5 Å². The van der Waals surface area contributed by atoms with E-state index in [1.54, 1.807) is 25.3 Å². The minimum atomic E-state index is -0.313. The van der Waals surface area contributed by atoms with Crippen molar-refractivity contribution >= 4 is 29.0 Å². The van der Waals surface area contributed by atoms with Crippen LogP contribution < -0.4 is 10.2 Å². The molecule has 2 aliphatic heterocycles. The smallest absolute Gasteiger partial charge is 0.228 e. The molecule has 35 heavy (non-hydrogen) atoms. The van der Waals surface area contributed by atoms with Crippen molar-refractivity contribution in [3.05, 3.63) is 66.1 Å². The Labute approximate surface area is 201 Å². The Morgan fingerprint density at radius 3 is 2.49 bits per heavy atom. The topological polar surface area (TPSA) is 82.8 Å². The molecule has 0 unspecified atom stereocenters. The number of halogens is 1. The first-order valence-corrected chi connectivity index (χ1v) is 11.6. The lowest BCUT2D eigenvalue weighted by Crippen LogP contribution is -2.48. The lowest BCUT2D eigenvalue weighted by atomic mass is 9.97. The van der Waals surface area contributed by atoms with Gasteiger partial charge in [-0.2, -0.15) is 9.61 Å². The van der Waals surface area contributed by atoms with Crippen molar-refractivity contribution in [1.82, 2.24) is 19.5 Å². The van der Waals surface area contributed by atoms with Gasteiger partial charge in [0.05, 0.1) is 11.9 Å². The van der Waals surface area contributed by atoms with Crippen LogP contribution in [0, 0.1) is 5.82 Å². The zero-order valence-electron chi connectivity index (χ0n) is 19.2. The molecule has 1 fully saturated rings. The van der Waals surface area contributed by atoms with E-state index in [9.17, 15) is 14.0 Å². The molecule has 6 rings (SSSR count). The fraction of sp³-hybridized carbons (Fsp3) is 0.231. The average molecular weight is 471 g/mol. The van der Waals surface area contributed by atoms with Gasteiger partial charge in [-0.3, -0.25) is 9.59 Å². The third-order valence-electron chi connectivity index (χ3n) is 6.68. The number of fused-ring (bicyclic) bond motifs is 2. The van der Waals surface area contributed by atoms with Crippen molar-refractivity contribution in [3.8, 4) is 22.4 Å². The van der Waals surface area contributed by atoms with E-state index in [1.165, 1.54) is 12.1 Å². The first kappa shape index (κ1) is 21.3. The van der Waals surface area contributed by atoms with Crippen LogP contribution in [-0.4, -0.2) is 57.5 Å². The maximum absolute atomic E-state index is 13.7. The number of rotatable bonds is 3. The monoisotopic (exact) mass is 470 g/mol. The van der Waals surface area contributed by atoms with Gasteiger partial charge in [-0.05, 0) is 53.6 Å². The predicted octanol–water partition coefficient (Wildman–Crippen LogP) is 3.37. The van der Waals surface area contributed by atoms with Gasteiger partial charge >= 0.3 is 0 Å². The highest BCUT2D eigenvalue weighted by Gasteiger charge is 2.26. The van der Waals surface area contributed by atoms with Crippen LogP contribution in [0.4, 0.5) is 16.0 Å². The van der Waals surface area contributed by atoms with E-state index in [4.69, 9.17) is 5.10 Å². The number of hydrogen-bond donors (Lipinski definition) is 1. The molecular formula is C26H23FN6O2. The molecule has 8 nitrogen and oxygen atoms in total. The van der Waals surface area contributed by atoms with E-state index in [0.29, 0.717) is 44.2 Å². The Morgan fingerprint density at radius 2 is 1.74 bits per heavy atom. The van der Waals surface area contributed by atoms with Gasteiger partial charge in [0.1, 0.15) is 11.5 Å². The van der Waals surface area contributed by atoms with Gasteiger partial charge in [0, 0.05) is 56.1 Å². The number of hydrogen-bond acceptors (Lipinski definition) is 5. The minimum absolute atomic E-state index is 0.0213. The largest absolute Gasteiger partial charge is 0.339 e. The maximum Gasteiger partial charge on any atom is 0.228 e. The van der Waals surface area contributed by atoms with E-state index in [2.05, 4.69) is 15.2 Å². The van der Waals surface area contributed by atoms with Crippen molar-refractivity contribution in [2.24, 2.45) is 0 Å². The standard InChI is InChI=1S/C26H23FN6O2/c1-16(34)31-10-12-32(13-11-31)26-28-9-8-22-24(18-4-7-21-19(14-18)15-23(35)29-21)25(30-33(22)26)17-2-5-20(27)6-3-17/h2-9,14H,10-13,15H2,1H3,(H,29,35). The lowest BCUT2D eigenvalue weighted by Gasteiger charge is -2.34. The summed E-state index contributed by atoms with van der Waals surface area (Å²) < 4.78 is 15.5. The summed E-state index contributed by atoms with van der Waals surface area (Å²) in [5.74, 6) is 0.428. The van der Waals surface area contributed by atoms with Crippen molar-refractivity contribution in [2.75, 3.05) is 36.4 Å². The molecule has 2 amide bonds. The van der Waals surface area contributed by atoms with Crippen LogP contribution in [0.3, 0.4) is 0 Å². The Kier molecular flexibility index (Phi) is 4.98. The number of aromatic nitrogens is 3. The number of carbonyl (C=O) groups excluding carboxylic acids is 2. The third kappa shape index (κ3) is 3.69. The second-order valence-electron chi connectivity index (χ2n) is 8.86. The van der Waals surface area contributed by atoms with E-state index >= 15 is 0 Å². The number of nitrogens with zero attached hydrogens (tertiary/aromatic N) is 5. The van der Waals surface area contributed by atoms with Crippen molar-refractivity contribution < 1.29 is 14.0 Å². The van der Waals surface area contributed by atoms with Gasteiger partial charge in [-0.1, -0.05) is 6.07 Å². The molecule has 1 saturated heterocycles. The second kappa shape index (κ2) is 8.19. The van der Waals surface area contributed by atoms with Gasteiger partial charge in [0.2, 0.25) is 17.8 Å². The fourth-order valence-electron chi connectivity index (χ4n) is 4.88. The molecule has 0 spiro atoms. The summed E-state index contributed by atoms with van der Waals surface area (Å²) in [6, 6.07) is 14.1. The maximum atomic E-state index is 13.7. The van der Waals surface area contributed by atoms with Gasteiger partial charge in [-0.25, -0.2) is 9.37 Å². The molecular weight excluding hydrogens is 447 g/mol. The normalized spacial score (nSPS) is 15.4. The Hall–Kier alpha value is -4.27. The number of anilines is 2. The van der Waals surface area contributed by atoms with Crippen molar-refractivity contribution in [2.45, 2.75) is 13.3 Å². The highest BCUT2D eigenvalue weighted by atomic mass is 19.1. The third-order valence-corrected chi connectivity index (χ3v) is 6.68. The highest BCUT2D eigenvalue weighted by Crippen LogP contribution is 2.38. The van der Waals surface area contributed by atoms with Crippen LogP contribution in [0.25, 0.3) is 27.9 Å². The van der Waals surface area contributed by atoms with Crippen LogP contribution in [0.15, 0.2) is 54.7 Å². The van der Waals surface area contributed by atoms with E-state index in [-0.39, 0.29) is 17.6 Å².